The fourth-order valence-corrected chi connectivity index (χ4v) is 3.13. The Morgan fingerprint density at radius 3 is 2.71 bits per heavy atom. The van der Waals surface area contributed by atoms with E-state index in [2.05, 4.69) is 25.4 Å². The highest BCUT2D eigenvalue weighted by Gasteiger charge is 2.20. The average molecular weight is 418 g/mol. The van der Waals surface area contributed by atoms with Gasteiger partial charge in [0.25, 0.3) is 0 Å². The van der Waals surface area contributed by atoms with Crippen molar-refractivity contribution in [1.82, 2.24) is 24.6 Å². The molecule has 1 aliphatic carbocycles. The molecule has 0 saturated heterocycles. The van der Waals surface area contributed by atoms with Crippen molar-refractivity contribution in [1.29, 1.82) is 0 Å². The number of imidazole rings is 1. The first kappa shape index (κ1) is 18.6. The van der Waals surface area contributed by atoms with Crippen LogP contribution in [0.15, 0.2) is 46.3 Å². The molecule has 1 fully saturated rings. The maximum atomic E-state index is 11.4. The minimum atomic E-state index is -0.514. The molecule has 0 spiro atoms. The molecule has 3 aromatic heterocycles. The van der Waals surface area contributed by atoms with Gasteiger partial charge in [-0.1, -0.05) is 0 Å². The van der Waals surface area contributed by atoms with Crippen molar-refractivity contribution >= 4 is 29.1 Å². The molecule has 0 aliphatic heterocycles. The minimum absolute atomic E-state index is 0.225. The standard InChI is InChI=1S/C20H18N8O3/c21-17(29)10-1-3-12(4-2-10)23-15-8-16(24-13-5-6-13)28-18(26-15)11(9-22-28)7-14-19(30)27-20(31)25-14/h1-4,7-9,13,23,30H,5-6H2,(H2,21,29)(H2,25,27,31). The van der Waals surface area contributed by atoms with Crippen LogP contribution in [0, 0.1) is 0 Å². The zero-order valence-corrected chi connectivity index (χ0v) is 16.2. The second kappa shape index (κ2) is 7.13. The smallest absolute Gasteiger partial charge is 0.326 e. The Kier molecular flexibility index (Phi) is 4.28. The number of nitrogens with zero attached hydrogens (tertiary/aromatic N) is 4. The lowest BCUT2D eigenvalue weighted by molar-refractivity contribution is 0.100. The Morgan fingerprint density at radius 2 is 2.06 bits per heavy atom. The van der Waals surface area contributed by atoms with Crippen molar-refractivity contribution in [2.24, 2.45) is 10.7 Å². The highest BCUT2D eigenvalue weighted by atomic mass is 16.3. The Balaban J connectivity index is 1.62. The van der Waals surface area contributed by atoms with E-state index in [1.807, 2.05) is 0 Å². The fourth-order valence-electron chi connectivity index (χ4n) is 3.13. The molecule has 4 aromatic rings. The number of rotatable bonds is 5. The molecule has 31 heavy (non-hydrogen) atoms. The number of fused-ring (bicyclic) bond motifs is 1. The molecular weight excluding hydrogens is 400 g/mol. The van der Waals surface area contributed by atoms with Crippen molar-refractivity contribution in [3.63, 3.8) is 0 Å². The summed E-state index contributed by atoms with van der Waals surface area (Å²) in [6.07, 6.45) is 5.22. The predicted molar refractivity (Wildman–Crippen MR) is 112 cm³/mol. The van der Waals surface area contributed by atoms with Crippen LogP contribution in [-0.2, 0) is 0 Å². The molecule has 0 bridgehead atoms. The number of hydrogen-bond acceptors (Lipinski definition) is 7. The lowest BCUT2D eigenvalue weighted by Crippen LogP contribution is -2.19. The zero-order valence-electron chi connectivity index (χ0n) is 16.2. The van der Waals surface area contributed by atoms with E-state index in [1.54, 1.807) is 47.1 Å². The average Bonchev–Trinajstić information content (AvgIpc) is 3.37. The summed E-state index contributed by atoms with van der Waals surface area (Å²) in [5.41, 5.74) is 7.26. The first-order valence-electron chi connectivity index (χ1n) is 9.59. The predicted octanol–water partition coefficient (Wildman–Crippen LogP) is -0.0954. The minimum Gasteiger partial charge on any atom is -0.493 e. The second-order valence-electron chi connectivity index (χ2n) is 7.25. The number of H-pyrrole nitrogens is 2. The highest BCUT2D eigenvalue weighted by molar-refractivity contribution is 5.93. The molecule has 1 amide bonds. The number of benzene rings is 1. The summed E-state index contributed by atoms with van der Waals surface area (Å²) >= 11 is 0. The van der Waals surface area contributed by atoms with E-state index < -0.39 is 11.6 Å². The summed E-state index contributed by atoms with van der Waals surface area (Å²) in [4.78, 5) is 36.8. The second-order valence-corrected chi connectivity index (χ2v) is 7.25. The Morgan fingerprint density at radius 1 is 1.29 bits per heavy atom. The molecule has 0 radical (unpaired) electrons. The van der Waals surface area contributed by atoms with Gasteiger partial charge in [0.2, 0.25) is 11.8 Å². The Bertz CT molecular complexity index is 1480. The largest absolute Gasteiger partial charge is 0.493 e. The molecular formula is C20H18N8O3. The van der Waals surface area contributed by atoms with Crippen LogP contribution in [0.5, 0.6) is 5.88 Å². The summed E-state index contributed by atoms with van der Waals surface area (Å²) in [6.45, 7) is 0. The van der Waals surface area contributed by atoms with Crippen molar-refractivity contribution in [2.45, 2.75) is 18.9 Å². The van der Waals surface area contributed by atoms with Gasteiger partial charge in [0.05, 0.1) is 12.2 Å². The van der Waals surface area contributed by atoms with E-state index in [9.17, 15) is 14.7 Å². The van der Waals surface area contributed by atoms with Crippen LogP contribution < -0.4 is 27.4 Å². The van der Waals surface area contributed by atoms with Gasteiger partial charge in [-0.3, -0.25) is 14.8 Å². The number of aromatic nitrogens is 5. The number of hydrogen-bond donors (Lipinski definition) is 5. The molecule has 0 unspecified atom stereocenters. The van der Waals surface area contributed by atoms with Crippen molar-refractivity contribution in [3.05, 3.63) is 69.0 Å². The van der Waals surface area contributed by atoms with Crippen molar-refractivity contribution in [2.75, 3.05) is 5.32 Å². The maximum Gasteiger partial charge on any atom is 0.326 e. The maximum absolute atomic E-state index is 11.4. The molecule has 156 valence electrons. The topological polar surface area (TPSA) is 167 Å². The number of aromatic amines is 2. The van der Waals surface area contributed by atoms with Crippen LogP contribution >= 0.6 is 0 Å². The van der Waals surface area contributed by atoms with Gasteiger partial charge in [0.1, 0.15) is 11.5 Å². The fraction of sp³-hybridized carbons (Fsp3) is 0.150. The van der Waals surface area contributed by atoms with E-state index >= 15 is 0 Å². The van der Waals surface area contributed by atoms with Crippen LogP contribution in [0.4, 0.5) is 11.5 Å². The van der Waals surface area contributed by atoms with Gasteiger partial charge >= 0.3 is 5.69 Å². The zero-order chi connectivity index (χ0) is 21.5. The van der Waals surface area contributed by atoms with Crippen LogP contribution in [0.2, 0.25) is 0 Å². The third-order valence-corrected chi connectivity index (χ3v) is 4.82. The number of carbonyl (C=O) groups excluding carboxylic acids is 1. The summed E-state index contributed by atoms with van der Waals surface area (Å²) in [5, 5.41) is 18.0. The molecule has 11 nitrogen and oxygen atoms in total. The molecule has 1 aromatic carbocycles. The molecule has 11 heteroatoms. The first-order chi connectivity index (χ1) is 15.0. The van der Waals surface area contributed by atoms with Crippen molar-refractivity contribution < 1.29 is 9.90 Å². The highest BCUT2D eigenvalue weighted by Crippen LogP contribution is 2.22. The van der Waals surface area contributed by atoms with Gasteiger partial charge in [-0.25, -0.2) is 9.78 Å². The monoisotopic (exact) mass is 418 g/mol. The summed E-state index contributed by atoms with van der Waals surface area (Å²) in [6, 6.07) is 8.77. The van der Waals surface area contributed by atoms with E-state index in [1.165, 1.54) is 0 Å². The number of amides is 1. The van der Waals surface area contributed by atoms with E-state index in [-0.39, 0.29) is 17.6 Å². The molecule has 5 rings (SSSR count). The molecule has 0 atom stereocenters. The van der Waals surface area contributed by atoms with Crippen LogP contribution in [-0.4, -0.2) is 41.6 Å². The Labute approximate surface area is 174 Å². The molecule has 1 aliphatic rings. The summed E-state index contributed by atoms with van der Waals surface area (Å²) in [7, 11) is 0. The number of nitrogens with one attached hydrogen (secondary N) is 3. The van der Waals surface area contributed by atoms with Crippen molar-refractivity contribution in [3.8, 4) is 5.88 Å². The molecule has 1 saturated carbocycles. The summed E-state index contributed by atoms with van der Waals surface area (Å²) < 4.78 is 1.62. The van der Waals surface area contributed by atoms with Gasteiger partial charge in [-0.15, -0.1) is 0 Å². The molecule has 3 heterocycles. The first-order valence-corrected chi connectivity index (χ1v) is 9.59. The van der Waals surface area contributed by atoms with Gasteiger partial charge in [-0.2, -0.15) is 9.61 Å². The normalized spacial score (nSPS) is 15.0. The third-order valence-electron chi connectivity index (χ3n) is 4.82. The van der Waals surface area contributed by atoms with Crippen LogP contribution in [0.1, 0.15) is 28.9 Å². The number of aromatic hydroxyl groups is 1. The van der Waals surface area contributed by atoms with Gasteiger partial charge in [0.15, 0.2) is 11.1 Å². The number of primary amides is 1. The number of nitrogens with two attached hydrogens (primary N) is 1. The lowest BCUT2D eigenvalue weighted by Gasteiger charge is -2.07. The van der Waals surface area contributed by atoms with Gasteiger partial charge < -0.3 is 21.1 Å². The SMILES string of the molecule is NC(=O)c1ccc(Nc2cc(=NC3CC3)n3ncc(=Cc4[nH]c(=O)[nH]c4O)c3n2)cc1. The van der Waals surface area contributed by atoms with E-state index in [0.29, 0.717) is 27.7 Å². The van der Waals surface area contributed by atoms with E-state index in [0.717, 1.165) is 18.5 Å². The van der Waals surface area contributed by atoms with E-state index in [4.69, 9.17) is 10.7 Å². The number of carbonyl (C=O) groups is 1. The lowest BCUT2D eigenvalue weighted by atomic mass is 10.2. The quantitative estimate of drug-likeness (QED) is 0.303. The van der Waals surface area contributed by atoms with Gasteiger partial charge in [-0.05, 0) is 43.2 Å². The third kappa shape index (κ3) is 3.75. The Hall–Kier alpha value is -4.41. The van der Waals surface area contributed by atoms with Crippen LogP contribution in [0.25, 0.3) is 11.7 Å². The molecule has 6 N–H and O–H groups in total. The summed E-state index contributed by atoms with van der Waals surface area (Å²) in [5.74, 6) is -0.237. The van der Waals surface area contributed by atoms with Crippen LogP contribution in [0.3, 0.4) is 0 Å². The van der Waals surface area contributed by atoms with Gasteiger partial charge in [0, 0.05) is 22.5 Å². The number of anilines is 2.